The highest BCUT2D eigenvalue weighted by Crippen LogP contribution is 2.36. The molecule has 0 radical (unpaired) electrons. The van der Waals surface area contributed by atoms with E-state index < -0.39 is 10.9 Å². The Balaban J connectivity index is 1.86. The highest BCUT2D eigenvalue weighted by molar-refractivity contribution is 6.62. The number of para-hydroxylation sites is 1. The average Bonchev–Trinajstić information content (AvgIpc) is 2.78. The Labute approximate surface area is 122 Å². The van der Waals surface area contributed by atoms with Crippen molar-refractivity contribution >= 4 is 28.6 Å². The number of rotatable bonds is 1. The van der Waals surface area contributed by atoms with E-state index in [9.17, 15) is 9.59 Å². The number of nitrogens with one attached hydrogen (secondary N) is 1. The van der Waals surface area contributed by atoms with Crippen LogP contribution in [0.2, 0.25) is 0 Å². The number of carbonyl (C=O) groups is 2. The topological polar surface area (TPSA) is 52.7 Å². The fourth-order valence-corrected chi connectivity index (χ4v) is 3.25. The first-order valence-electron chi connectivity index (χ1n) is 6.69. The third kappa shape index (κ3) is 2.02. The Bertz CT molecular complexity index is 526. The van der Waals surface area contributed by atoms with Crippen LogP contribution in [-0.2, 0) is 4.79 Å². The van der Waals surface area contributed by atoms with Crippen LogP contribution in [0.4, 0.5) is 10.5 Å². The van der Waals surface area contributed by atoms with Crippen molar-refractivity contribution in [2.75, 3.05) is 24.7 Å². The SMILES string of the molecule is O=C(Cl)N1CCC2(CC1)C(=O)NCN2c1ccccc1. The van der Waals surface area contributed by atoms with Crippen LogP contribution in [0.1, 0.15) is 12.8 Å². The van der Waals surface area contributed by atoms with E-state index in [0.29, 0.717) is 32.6 Å². The van der Waals surface area contributed by atoms with E-state index >= 15 is 0 Å². The second-order valence-corrected chi connectivity index (χ2v) is 5.52. The van der Waals surface area contributed by atoms with E-state index in [2.05, 4.69) is 10.2 Å². The third-order valence-corrected chi connectivity index (χ3v) is 4.48. The Morgan fingerprint density at radius 1 is 1.20 bits per heavy atom. The molecule has 0 aromatic heterocycles. The molecule has 2 saturated heterocycles. The fourth-order valence-electron chi connectivity index (χ4n) is 3.09. The quantitative estimate of drug-likeness (QED) is 0.634. The maximum absolute atomic E-state index is 12.3. The van der Waals surface area contributed by atoms with Gasteiger partial charge < -0.3 is 15.1 Å². The van der Waals surface area contributed by atoms with E-state index in [4.69, 9.17) is 11.6 Å². The van der Waals surface area contributed by atoms with Gasteiger partial charge in [0.1, 0.15) is 5.54 Å². The van der Waals surface area contributed by atoms with Crippen molar-refractivity contribution in [3.05, 3.63) is 30.3 Å². The van der Waals surface area contributed by atoms with Crippen molar-refractivity contribution in [1.29, 1.82) is 0 Å². The first kappa shape index (κ1) is 13.2. The minimum atomic E-state index is -0.551. The fraction of sp³-hybridized carbons (Fsp3) is 0.429. The molecule has 5 nitrogen and oxygen atoms in total. The Morgan fingerprint density at radius 3 is 2.45 bits per heavy atom. The molecular formula is C14H16ClN3O2. The molecule has 2 aliphatic heterocycles. The number of carbonyl (C=O) groups excluding carboxylic acids is 2. The highest BCUT2D eigenvalue weighted by atomic mass is 35.5. The summed E-state index contributed by atoms with van der Waals surface area (Å²) in [6.07, 6.45) is 1.21. The Morgan fingerprint density at radius 2 is 1.85 bits per heavy atom. The Hall–Kier alpha value is -1.75. The summed E-state index contributed by atoms with van der Waals surface area (Å²) in [6.45, 7) is 1.54. The maximum atomic E-state index is 12.3. The van der Waals surface area contributed by atoms with Gasteiger partial charge in [-0.25, -0.2) is 0 Å². The summed E-state index contributed by atoms with van der Waals surface area (Å²) in [5.74, 6) is 0.0445. The van der Waals surface area contributed by atoms with Gasteiger partial charge in [-0.1, -0.05) is 18.2 Å². The largest absolute Gasteiger partial charge is 0.339 e. The number of halogens is 1. The van der Waals surface area contributed by atoms with Crippen LogP contribution in [0, 0.1) is 0 Å². The molecule has 0 unspecified atom stereocenters. The molecule has 1 N–H and O–H groups in total. The number of nitrogens with zero attached hydrogens (tertiary/aromatic N) is 2. The Kier molecular flexibility index (Phi) is 3.30. The summed E-state index contributed by atoms with van der Waals surface area (Å²) < 4.78 is 0. The lowest BCUT2D eigenvalue weighted by atomic mass is 9.86. The van der Waals surface area contributed by atoms with Crippen molar-refractivity contribution in [1.82, 2.24) is 10.2 Å². The summed E-state index contributed by atoms with van der Waals surface area (Å²) in [7, 11) is 0. The van der Waals surface area contributed by atoms with Gasteiger partial charge in [0.15, 0.2) is 0 Å². The van der Waals surface area contributed by atoms with Crippen LogP contribution in [0.3, 0.4) is 0 Å². The van der Waals surface area contributed by atoms with Crippen LogP contribution >= 0.6 is 11.6 Å². The van der Waals surface area contributed by atoms with Gasteiger partial charge in [-0.15, -0.1) is 0 Å². The molecular weight excluding hydrogens is 278 g/mol. The number of hydrogen-bond acceptors (Lipinski definition) is 3. The second-order valence-electron chi connectivity index (χ2n) is 5.20. The molecule has 2 aliphatic rings. The number of piperidine rings is 1. The monoisotopic (exact) mass is 293 g/mol. The number of hydrogen-bond donors (Lipinski definition) is 1. The molecule has 106 valence electrons. The van der Waals surface area contributed by atoms with Gasteiger partial charge in [0, 0.05) is 18.8 Å². The molecule has 2 fully saturated rings. The molecule has 1 aromatic rings. The molecule has 3 rings (SSSR count). The summed E-state index contributed by atoms with van der Waals surface area (Å²) in [6, 6.07) is 9.88. The zero-order valence-corrected chi connectivity index (χ0v) is 11.8. The molecule has 20 heavy (non-hydrogen) atoms. The van der Waals surface area contributed by atoms with E-state index in [1.54, 1.807) is 4.90 Å². The second kappa shape index (κ2) is 4.98. The first-order chi connectivity index (χ1) is 9.63. The molecule has 0 bridgehead atoms. The van der Waals surface area contributed by atoms with Gasteiger partial charge in [-0.05, 0) is 36.6 Å². The van der Waals surface area contributed by atoms with Crippen molar-refractivity contribution < 1.29 is 9.59 Å². The average molecular weight is 294 g/mol. The molecule has 0 saturated carbocycles. The standard InChI is InChI=1S/C14H16ClN3O2/c15-13(20)17-8-6-14(7-9-17)12(19)16-10-18(14)11-4-2-1-3-5-11/h1-5H,6-10H2,(H,16,19). The van der Waals surface area contributed by atoms with Gasteiger partial charge in [0.2, 0.25) is 5.91 Å². The zero-order chi connectivity index (χ0) is 14.2. The molecule has 1 aromatic carbocycles. The van der Waals surface area contributed by atoms with Crippen molar-refractivity contribution in [2.45, 2.75) is 18.4 Å². The molecule has 6 heteroatoms. The lowest BCUT2D eigenvalue weighted by molar-refractivity contribution is -0.124. The number of anilines is 1. The van der Waals surface area contributed by atoms with E-state index in [1.807, 2.05) is 30.3 Å². The van der Waals surface area contributed by atoms with E-state index in [0.717, 1.165) is 5.69 Å². The van der Waals surface area contributed by atoms with Gasteiger partial charge >= 0.3 is 5.37 Å². The molecule has 0 atom stereocenters. The highest BCUT2D eigenvalue weighted by Gasteiger charge is 2.50. The van der Waals surface area contributed by atoms with E-state index in [1.165, 1.54) is 0 Å². The smallest absolute Gasteiger partial charge is 0.316 e. The first-order valence-corrected chi connectivity index (χ1v) is 7.07. The van der Waals surface area contributed by atoms with Gasteiger partial charge in [-0.3, -0.25) is 9.59 Å². The van der Waals surface area contributed by atoms with Crippen molar-refractivity contribution in [3.8, 4) is 0 Å². The van der Waals surface area contributed by atoms with Crippen LogP contribution < -0.4 is 10.2 Å². The maximum Gasteiger partial charge on any atom is 0.316 e. The number of amides is 2. The van der Waals surface area contributed by atoms with Gasteiger partial charge in [0.05, 0.1) is 6.67 Å². The van der Waals surface area contributed by atoms with E-state index in [-0.39, 0.29) is 5.91 Å². The van der Waals surface area contributed by atoms with Crippen molar-refractivity contribution in [2.24, 2.45) is 0 Å². The third-order valence-electron chi connectivity index (χ3n) is 4.24. The van der Waals surface area contributed by atoms with Crippen molar-refractivity contribution in [3.63, 3.8) is 0 Å². The summed E-state index contributed by atoms with van der Waals surface area (Å²) in [5, 5.41) is 2.48. The normalized spacial score (nSPS) is 21.1. The minimum absolute atomic E-state index is 0.0445. The number of benzene rings is 1. The van der Waals surface area contributed by atoms with Gasteiger partial charge in [-0.2, -0.15) is 0 Å². The van der Waals surface area contributed by atoms with Crippen LogP contribution in [-0.4, -0.2) is 41.5 Å². The van der Waals surface area contributed by atoms with Crippen LogP contribution in [0.25, 0.3) is 0 Å². The molecule has 0 aliphatic carbocycles. The summed E-state index contributed by atoms with van der Waals surface area (Å²) in [5.41, 5.74) is 0.473. The summed E-state index contributed by atoms with van der Waals surface area (Å²) in [4.78, 5) is 27.2. The summed E-state index contributed by atoms with van der Waals surface area (Å²) >= 11 is 5.51. The predicted molar refractivity (Wildman–Crippen MR) is 76.7 cm³/mol. The lowest BCUT2D eigenvalue weighted by Crippen LogP contribution is -2.56. The zero-order valence-electron chi connectivity index (χ0n) is 11.0. The predicted octanol–water partition coefficient (Wildman–Crippen LogP) is 1.77. The molecule has 2 heterocycles. The molecule has 1 spiro atoms. The van der Waals surface area contributed by atoms with Crippen LogP contribution in [0.15, 0.2) is 30.3 Å². The minimum Gasteiger partial charge on any atom is -0.339 e. The van der Waals surface area contributed by atoms with Crippen LogP contribution in [0.5, 0.6) is 0 Å². The lowest BCUT2D eigenvalue weighted by Gasteiger charge is -2.42. The number of likely N-dealkylation sites (tertiary alicyclic amines) is 1. The molecule has 2 amide bonds. The van der Waals surface area contributed by atoms with Gasteiger partial charge in [0.25, 0.3) is 0 Å².